The Kier molecular flexibility index (Phi) is 6.87. The minimum atomic E-state index is -0.614. The summed E-state index contributed by atoms with van der Waals surface area (Å²) in [5.41, 5.74) is 7.58. The van der Waals surface area contributed by atoms with E-state index in [4.69, 9.17) is 29.9 Å². The Morgan fingerprint density at radius 3 is 2.88 bits per heavy atom. The molecular weight excluding hydrogens is 552 g/mol. The maximum Gasteiger partial charge on any atom is 0.319 e. The van der Waals surface area contributed by atoms with Crippen LogP contribution in [-0.4, -0.2) is 75.0 Å². The van der Waals surface area contributed by atoms with Crippen molar-refractivity contribution >= 4 is 22.2 Å². The molecule has 1 saturated carbocycles. The van der Waals surface area contributed by atoms with E-state index in [0.29, 0.717) is 45.9 Å². The molecule has 222 valence electrons. The van der Waals surface area contributed by atoms with Crippen molar-refractivity contribution in [1.82, 2.24) is 25.0 Å². The van der Waals surface area contributed by atoms with Crippen LogP contribution in [0.4, 0.5) is 10.8 Å². The fourth-order valence-corrected chi connectivity index (χ4v) is 8.99. The van der Waals surface area contributed by atoms with Crippen LogP contribution >= 0.6 is 11.3 Å². The van der Waals surface area contributed by atoms with Gasteiger partial charge in [-0.2, -0.15) is 20.2 Å². The van der Waals surface area contributed by atoms with Crippen LogP contribution in [0.2, 0.25) is 0 Å². The monoisotopic (exact) mass is 590 g/mol. The molecule has 2 bridgehead atoms. The van der Waals surface area contributed by atoms with E-state index < -0.39 is 5.41 Å². The van der Waals surface area contributed by atoms with Gasteiger partial charge in [0.25, 0.3) is 0 Å². The molecule has 0 aromatic carbocycles. The van der Waals surface area contributed by atoms with E-state index in [-0.39, 0.29) is 18.1 Å². The van der Waals surface area contributed by atoms with E-state index in [0.717, 1.165) is 80.8 Å². The Bertz CT molecular complexity index is 1530. The minimum Gasteiger partial charge on any atom is -0.459 e. The van der Waals surface area contributed by atoms with E-state index in [1.165, 1.54) is 11.3 Å². The van der Waals surface area contributed by atoms with Crippen molar-refractivity contribution in [3.8, 4) is 23.6 Å². The second-order valence-corrected chi connectivity index (χ2v) is 14.0. The van der Waals surface area contributed by atoms with Gasteiger partial charge in [0.1, 0.15) is 28.7 Å². The number of fused-ring (bicyclic) bond motifs is 3. The quantitative estimate of drug-likeness (QED) is 0.432. The number of likely N-dealkylation sites (tertiary alicyclic amines) is 1. The van der Waals surface area contributed by atoms with Crippen molar-refractivity contribution in [2.45, 2.75) is 82.5 Å². The number of ether oxygens (including phenoxy) is 1. The van der Waals surface area contributed by atoms with E-state index in [9.17, 15) is 10.4 Å². The molecule has 5 heterocycles. The number of hydrogen-bond donors (Lipinski definition) is 2. The number of thiophene rings is 1. The number of anilines is 2. The Balaban J connectivity index is 1.25. The third-order valence-corrected chi connectivity index (χ3v) is 11.1. The van der Waals surface area contributed by atoms with Gasteiger partial charge in [-0.25, -0.2) is 0 Å². The summed E-state index contributed by atoms with van der Waals surface area (Å²) in [6.45, 7) is 6.76. The predicted octanol–water partition coefficient (Wildman–Crippen LogP) is 3.75. The van der Waals surface area contributed by atoms with Gasteiger partial charge in [-0.05, 0) is 78.3 Å². The van der Waals surface area contributed by atoms with Gasteiger partial charge >= 0.3 is 6.01 Å². The first kappa shape index (κ1) is 27.6. The average Bonchev–Trinajstić information content (AvgIpc) is 3.75. The molecule has 0 radical (unpaired) electrons. The SMILES string of the molecule is C[C@H](Oc1nc(-c2noc(C3(C)CCCc4sc(N)c(C#N)c43)n2)cc(N2C[C@@H]3C[C@H](C2)[C@H](O)C3)n1)[C@@H]1CCCN1C. The van der Waals surface area contributed by atoms with Gasteiger partial charge in [-0.15, -0.1) is 11.3 Å². The van der Waals surface area contributed by atoms with Crippen LogP contribution in [0.3, 0.4) is 0 Å². The molecule has 2 saturated heterocycles. The minimum absolute atomic E-state index is 0.0891. The number of nitrogens with two attached hydrogens (primary N) is 1. The van der Waals surface area contributed by atoms with Gasteiger partial charge in [0.2, 0.25) is 11.7 Å². The Morgan fingerprint density at radius 1 is 1.26 bits per heavy atom. The van der Waals surface area contributed by atoms with Crippen molar-refractivity contribution in [3.05, 3.63) is 28.0 Å². The zero-order valence-corrected chi connectivity index (χ0v) is 25.2. The van der Waals surface area contributed by atoms with Crippen molar-refractivity contribution in [2.24, 2.45) is 11.8 Å². The van der Waals surface area contributed by atoms with E-state index >= 15 is 0 Å². The average molecular weight is 591 g/mol. The molecule has 0 spiro atoms. The predicted molar refractivity (Wildman–Crippen MR) is 158 cm³/mol. The lowest BCUT2D eigenvalue weighted by Gasteiger charge is -2.33. The third-order valence-electron chi connectivity index (χ3n) is 9.99. The summed E-state index contributed by atoms with van der Waals surface area (Å²) in [4.78, 5) is 20.2. The molecule has 6 atom stereocenters. The highest BCUT2D eigenvalue weighted by Gasteiger charge is 2.43. The Labute approximate surface area is 249 Å². The van der Waals surface area contributed by atoms with Crippen molar-refractivity contribution < 1.29 is 14.4 Å². The van der Waals surface area contributed by atoms with E-state index in [2.05, 4.69) is 41.9 Å². The molecule has 3 N–H and O–H groups in total. The number of likely N-dealkylation sites (N-methyl/N-ethyl adjacent to an activating group) is 1. The lowest BCUT2D eigenvalue weighted by atomic mass is 9.72. The van der Waals surface area contributed by atoms with Crippen molar-refractivity contribution in [1.29, 1.82) is 5.26 Å². The number of nitrogens with zero attached hydrogens (tertiary/aromatic N) is 7. The molecule has 2 aliphatic carbocycles. The molecule has 42 heavy (non-hydrogen) atoms. The molecule has 3 aromatic heterocycles. The largest absolute Gasteiger partial charge is 0.459 e. The van der Waals surface area contributed by atoms with E-state index in [1.54, 1.807) is 0 Å². The van der Waals surface area contributed by atoms with Gasteiger partial charge < -0.3 is 25.0 Å². The summed E-state index contributed by atoms with van der Waals surface area (Å²) >= 11 is 1.48. The summed E-state index contributed by atoms with van der Waals surface area (Å²) < 4.78 is 12.3. The van der Waals surface area contributed by atoms with E-state index in [1.807, 2.05) is 6.07 Å². The second kappa shape index (κ2) is 10.5. The van der Waals surface area contributed by atoms with Crippen LogP contribution < -0.4 is 15.4 Å². The Morgan fingerprint density at radius 2 is 2.12 bits per heavy atom. The molecule has 11 nitrogen and oxygen atoms in total. The smallest absolute Gasteiger partial charge is 0.319 e. The molecule has 3 aromatic rings. The molecule has 0 amide bonds. The lowest BCUT2D eigenvalue weighted by Crippen LogP contribution is -2.39. The maximum atomic E-state index is 10.5. The fraction of sp³-hybridized carbons (Fsp3) is 0.633. The first-order valence-electron chi connectivity index (χ1n) is 15.1. The van der Waals surface area contributed by atoms with Gasteiger partial charge in [0.05, 0.1) is 17.1 Å². The zero-order valence-electron chi connectivity index (χ0n) is 24.4. The number of hydrogen-bond acceptors (Lipinski definition) is 12. The first-order valence-corrected chi connectivity index (χ1v) is 15.9. The summed E-state index contributed by atoms with van der Waals surface area (Å²) in [7, 11) is 2.13. The van der Waals surface area contributed by atoms with Gasteiger partial charge in [-0.3, -0.25) is 4.90 Å². The van der Waals surface area contributed by atoms with Gasteiger partial charge in [0, 0.05) is 41.6 Å². The van der Waals surface area contributed by atoms with Crippen LogP contribution in [0.25, 0.3) is 11.5 Å². The first-order chi connectivity index (χ1) is 20.2. The number of aliphatic hydroxyl groups excluding tert-OH is 1. The zero-order chi connectivity index (χ0) is 29.2. The fourth-order valence-electron chi connectivity index (χ4n) is 7.79. The van der Waals surface area contributed by atoms with Crippen molar-refractivity contribution in [2.75, 3.05) is 37.3 Å². The summed E-state index contributed by atoms with van der Waals surface area (Å²) in [6, 6.07) is 4.81. The van der Waals surface area contributed by atoms with Crippen LogP contribution in [0.15, 0.2) is 10.6 Å². The number of aromatic nitrogens is 4. The maximum absolute atomic E-state index is 10.5. The summed E-state index contributed by atoms with van der Waals surface area (Å²) in [6.07, 6.45) is 6.36. The highest BCUT2D eigenvalue weighted by molar-refractivity contribution is 7.16. The van der Waals surface area contributed by atoms with Gasteiger partial charge in [0.15, 0.2) is 0 Å². The highest BCUT2D eigenvalue weighted by atomic mass is 32.1. The highest BCUT2D eigenvalue weighted by Crippen LogP contribution is 2.48. The molecular formula is C30H38N8O3S. The number of rotatable bonds is 6. The molecule has 1 unspecified atom stereocenters. The van der Waals surface area contributed by atoms with Crippen LogP contribution in [0.1, 0.15) is 74.3 Å². The lowest BCUT2D eigenvalue weighted by molar-refractivity contribution is 0.112. The number of aliphatic hydroxyl groups is 1. The molecule has 12 heteroatoms. The Hall–Kier alpha value is -3.27. The topological polar surface area (TPSA) is 150 Å². The molecule has 7 rings (SSSR count). The van der Waals surface area contributed by atoms with Gasteiger partial charge in [-0.1, -0.05) is 5.16 Å². The second-order valence-electron chi connectivity index (χ2n) is 12.8. The van der Waals surface area contributed by atoms with Crippen LogP contribution in [0.5, 0.6) is 6.01 Å². The number of nitriles is 1. The number of nitrogen functional groups attached to an aromatic ring is 1. The molecule has 3 fully saturated rings. The van der Waals surface area contributed by atoms with Crippen LogP contribution in [0, 0.1) is 23.2 Å². The van der Waals surface area contributed by atoms with Crippen molar-refractivity contribution in [3.63, 3.8) is 0 Å². The molecule has 4 aliphatic rings. The summed E-state index contributed by atoms with van der Waals surface area (Å²) in [5.74, 6) is 2.25. The number of aryl methyl sites for hydroxylation is 1. The van der Waals surface area contributed by atoms with Crippen LogP contribution in [-0.2, 0) is 11.8 Å². The third kappa shape index (κ3) is 4.62. The summed E-state index contributed by atoms with van der Waals surface area (Å²) in [5, 5.41) is 25.3. The normalized spacial score (nSPS) is 29.8. The number of piperidine rings is 1. The standard InChI is InChI=1S/C30H38N8O3S/c1-16(21-6-5-9-37(21)3)40-29-33-20(12-24(34-29)38-14-17-10-18(15-38)22(39)11-17)27-35-28(41-36-27)30(2)8-4-7-23-25(30)19(13-31)26(32)42-23/h12,16-18,21-22,39H,4-11,14-15,32H2,1-3H3/t16-,17+,18+,21-,22+,30?/m0/s1. The molecule has 2 aliphatic heterocycles.